The maximum atomic E-state index is 12.3. The molecule has 2 aromatic carbocycles. The van der Waals surface area contributed by atoms with Crippen molar-refractivity contribution in [2.45, 2.75) is 13.3 Å². The summed E-state index contributed by atoms with van der Waals surface area (Å²) >= 11 is 0. The van der Waals surface area contributed by atoms with E-state index in [1.54, 1.807) is 0 Å². The van der Waals surface area contributed by atoms with Gasteiger partial charge in [0.1, 0.15) is 5.56 Å². The second-order valence-electron chi connectivity index (χ2n) is 5.38. The molecule has 10 heteroatoms. The summed E-state index contributed by atoms with van der Waals surface area (Å²) in [7, 11) is 0. The lowest BCUT2D eigenvalue weighted by Gasteiger charge is -2.07. The standard InChI is InChI=1S/C17H15N3O7/c1-2-9-27-17(22)11-3-5-12(6-4-11)18-16(21)14-8-7-13(19(23)24)10-15(14)20(25)26/h3-8,10H,2,9H2,1H3,(H,18,21). The van der Waals surface area contributed by atoms with Gasteiger partial charge in [-0.05, 0) is 36.8 Å². The molecular formula is C17H15N3O7. The second-order valence-corrected chi connectivity index (χ2v) is 5.38. The Morgan fingerprint density at radius 2 is 1.70 bits per heavy atom. The molecule has 27 heavy (non-hydrogen) atoms. The number of nitrogens with zero attached hydrogens (tertiary/aromatic N) is 2. The van der Waals surface area contributed by atoms with Crippen molar-refractivity contribution in [2.75, 3.05) is 11.9 Å². The number of anilines is 1. The summed E-state index contributed by atoms with van der Waals surface area (Å²) in [6, 6.07) is 8.52. The van der Waals surface area contributed by atoms with E-state index in [0.29, 0.717) is 24.3 Å². The molecule has 10 nitrogen and oxygen atoms in total. The Labute approximate surface area is 153 Å². The normalized spacial score (nSPS) is 10.1. The molecule has 2 rings (SSSR count). The first-order chi connectivity index (χ1) is 12.8. The smallest absolute Gasteiger partial charge is 0.338 e. The maximum absolute atomic E-state index is 12.3. The molecule has 0 radical (unpaired) electrons. The summed E-state index contributed by atoms with van der Waals surface area (Å²) in [5.41, 5.74) is -0.908. The number of esters is 1. The van der Waals surface area contributed by atoms with Crippen molar-refractivity contribution in [1.82, 2.24) is 0 Å². The zero-order valence-electron chi connectivity index (χ0n) is 14.2. The van der Waals surface area contributed by atoms with Crippen LogP contribution in [0.1, 0.15) is 34.1 Å². The van der Waals surface area contributed by atoms with E-state index in [4.69, 9.17) is 4.74 Å². The highest BCUT2D eigenvalue weighted by Gasteiger charge is 2.24. The van der Waals surface area contributed by atoms with E-state index in [-0.39, 0.29) is 5.56 Å². The number of nitro benzene ring substituents is 2. The molecule has 0 fully saturated rings. The molecule has 140 valence electrons. The number of nitrogens with one attached hydrogen (secondary N) is 1. The topological polar surface area (TPSA) is 142 Å². The number of non-ortho nitro benzene ring substituents is 1. The number of ether oxygens (including phenoxy) is 1. The van der Waals surface area contributed by atoms with Gasteiger partial charge in [0.15, 0.2) is 0 Å². The molecular weight excluding hydrogens is 358 g/mol. The molecule has 0 bridgehead atoms. The first-order valence-corrected chi connectivity index (χ1v) is 7.85. The molecule has 0 spiro atoms. The van der Waals surface area contributed by atoms with Crippen LogP contribution in [0.2, 0.25) is 0 Å². The predicted octanol–water partition coefficient (Wildman–Crippen LogP) is 3.32. The number of benzene rings is 2. The van der Waals surface area contributed by atoms with Crippen LogP contribution in [0.15, 0.2) is 42.5 Å². The van der Waals surface area contributed by atoms with Gasteiger partial charge in [-0.1, -0.05) is 6.92 Å². The van der Waals surface area contributed by atoms with Gasteiger partial charge in [-0.25, -0.2) is 4.79 Å². The van der Waals surface area contributed by atoms with E-state index >= 15 is 0 Å². The van der Waals surface area contributed by atoms with Gasteiger partial charge in [0.2, 0.25) is 0 Å². The van der Waals surface area contributed by atoms with Gasteiger partial charge in [-0.2, -0.15) is 0 Å². The van der Waals surface area contributed by atoms with Crippen molar-refractivity contribution < 1.29 is 24.2 Å². The first kappa shape index (κ1) is 19.5. The summed E-state index contributed by atoms with van der Waals surface area (Å²) in [6.45, 7) is 2.16. The molecule has 1 N–H and O–H groups in total. The fourth-order valence-electron chi connectivity index (χ4n) is 2.14. The van der Waals surface area contributed by atoms with Crippen LogP contribution in [0.4, 0.5) is 17.1 Å². The molecule has 0 aliphatic rings. The Morgan fingerprint density at radius 3 is 2.26 bits per heavy atom. The van der Waals surface area contributed by atoms with Crippen LogP contribution in [0.5, 0.6) is 0 Å². The van der Waals surface area contributed by atoms with Crippen LogP contribution in [-0.2, 0) is 4.74 Å². The Balaban J connectivity index is 2.18. The van der Waals surface area contributed by atoms with Crippen molar-refractivity contribution in [3.8, 4) is 0 Å². The Hall–Kier alpha value is -3.82. The third kappa shape index (κ3) is 4.84. The second kappa shape index (κ2) is 8.52. The maximum Gasteiger partial charge on any atom is 0.338 e. The van der Waals surface area contributed by atoms with Crippen LogP contribution in [-0.4, -0.2) is 28.3 Å². The number of carbonyl (C=O) groups is 2. The van der Waals surface area contributed by atoms with Gasteiger partial charge in [-0.3, -0.25) is 25.0 Å². The Kier molecular flexibility index (Phi) is 6.15. The molecule has 0 unspecified atom stereocenters. The van der Waals surface area contributed by atoms with Crippen molar-refractivity contribution >= 4 is 28.9 Å². The molecule has 2 aromatic rings. The number of hydrogen-bond acceptors (Lipinski definition) is 7. The fourth-order valence-corrected chi connectivity index (χ4v) is 2.14. The highest BCUT2D eigenvalue weighted by molar-refractivity contribution is 6.07. The molecule has 0 saturated heterocycles. The van der Waals surface area contributed by atoms with E-state index in [1.165, 1.54) is 24.3 Å². The zero-order chi connectivity index (χ0) is 20.0. The van der Waals surface area contributed by atoms with Crippen LogP contribution in [0, 0.1) is 20.2 Å². The molecule has 0 aromatic heterocycles. The fraction of sp³-hybridized carbons (Fsp3) is 0.176. The van der Waals surface area contributed by atoms with Crippen LogP contribution in [0.3, 0.4) is 0 Å². The van der Waals surface area contributed by atoms with Crippen LogP contribution >= 0.6 is 0 Å². The molecule has 0 atom stereocenters. The van der Waals surface area contributed by atoms with Gasteiger partial charge < -0.3 is 10.1 Å². The minimum atomic E-state index is -0.866. The quantitative estimate of drug-likeness (QED) is 0.445. The Morgan fingerprint density at radius 1 is 1.04 bits per heavy atom. The average molecular weight is 373 g/mol. The number of carbonyl (C=O) groups excluding carboxylic acids is 2. The lowest BCUT2D eigenvalue weighted by molar-refractivity contribution is -0.394. The van der Waals surface area contributed by atoms with Crippen molar-refractivity contribution in [1.29, 1.82) is 0 Å². The third-order valence-corrected chi connectivity index (χ3v) is 3.45. The molecule has 0 aliphatic carbocycles. The predicted molar refractivity (Wildman–Crippen MR) is 94.7 cm³/mol. The van der Waals surface area contributed by atoms with Crippen molar-refractivity contribution in [3.63, 3.8) is 0 Å². The van der Waals surface area contributed by atoms with Gasteiger partial charge >= 0.3 is 5.97 Å². The van der Waals surface area contributed by atoms with Gasteiger partial charge in [0.25, 0.3) is 17.3 Å². The summed E-state index contributed by atoms with van der Waals surface area (Å²) in [5, 5.41) is 24.3. The van der Waals surface area contributed by atoms with E-state index in [2.05, 4.69) is 5.32 Å². The number of hydrogen-bond donors (Lipinski definition) is 1. The highest BCUT2D eigenvalue weighted by Crippen LogP contribution is 2.25. The monoisotopic (exact) mass is 373 g/mol. The van der Waals surface area contributed by atoms with Crippen LogP contribution in [0.25, 0.3) is 0 Å². The first-order valence-electron chi connectivity index (χ1n) is 7.85. The summed E-state index contributed by atoms with van der Waals surface area (Å²) in [6.07, 6.45) is 0.688. The van der Waals surface area contributed by atoms with Gasteiger partial charge in [0, 0.05) is 11.8 Å². The Bertz CT molecular complexity index is 894. The molecule has 0 heterocycles. The molecule has 0 aliphatic heterocycles. The van der Waals surface area contributed by atoms with E-state index in [0.717, 1.165) is 18.2 Å². The average Bonchev–Trinajstić information content (AvgIpc) is 2.65. The van der Waals surface area contributed by atoms with E-state index in [1.807, 2.05) is 6.92 Å². The van der Waals surface area contributed by atoms with Crippen molar-refractivity contribution in [3.05, 3.63) is 73.8 Å². The number of rotatable bonds is 7. The molecule has 1 amide bonds. The zero-order valence-corrected chi connectivity index (χ0v) is 14.2. The highest BCUT2D eigenvalue weighted by atomic mass is 16.6. The SMILES string of the molecule is CCCOC(=O)c1ccc(NC(=O)c2ccc([N+](=O)[O-])cc2[N+](=O)[O-])cc1. The number of nitro groups is 2. The summed E-state index contributed by atoms with van der Waals surface area (Å²) in [4.78, 5) is 44.2. The lowest BCUT2D eigenvalue weighted by Crippen LogP contribution is -2.14. The van der Waals surface area contributed by atoms with E-state index in [9.17, 15) is 29.8 Å². The number of amides is 1. The third-order valence-electron chi connectivity index (χ3n) is 3.45. The summed E-state index contributed by atoms with van der Waals surface area (Å²) < 4.78 is 4.98. The largest absolute Gasteiger partial charge is 0.462 e. The minimum absolute atomic E-state index is 0.291. The lowest BCUT2D eigenvalue weighted by atomic mass is 10.1. The van der Waals surface area contributed by atoms with Gasteiger partial charge in [-0.15, -0.1) is 0 Å². The van der Waals surface area contributed by atoms with Gasteiger partial charge in [0.05, 0.1) is 28.1 Å². The minimum Gasteiger partial charge on any atom is -0.462 e. The molecule has 0 saturated carbocycles. The summed E-state index contributed by atoms with van der Waals surface area (Å²) in [5.74, 6) is -1.31. The van der Waals surface area contributed by atoms with Crippen molar-refractivity contribution in [2.24, 2.45) is 0 Å². The van der Waals surface area contributed by atoms with Crippen LogP contribution < -0.4 is 5.32 Å². The van der Waals surface area contributed by atoms with E-state index < -0.39 is 33.1 Å².